The summed E-state index contributed by atoms with van der Waals surface area (Å²) in [6.45, 7) is 15.2. The summed E-state index contributed by atoms with van der Waals surface area (Å²) < 4.78 is 59.3. The fourth-order valence-corrected chi connectivity index (χ4v) is 7.60. The highest BCUT2D eigenvalue weighted by Crippen LogP contribution is 2.43. The Bertz CT molecular complexity index is 1800. The molecule has 258 valence electrons. The van der Waals surface area contributed by atoms with Gasteiger partial charge in [-0.05, 0) is 42.4 Å². The molecule has 1 fully saturated rings. The highest BCUT2D eigenvalue weighted by atomic mass is 28.3. The molecular formula is C34H45F3N6O3Si2. The number of fused-ring (bicyclic) bond motifs is 2. The summed E-state index contributed by atoms with van der Waals surface area (Å²) in [5, 5.41) is 4.57. The van der Waals surface area contributed by atoms with E-state index in [1.165, 1.54) is 11.0 Å². The van der Waals surface area contributed by atoms with E-state index >= 15 is 4.39 Å². The number of halogens is 3. The van der Waals surface area contributed by atoms with Crippen molar-refractivity contribution in [2.24, 2.45) is 0 Å². The third kappa shape index (κ3) is 7.56. The summed E-state index contributed by atoms with van der Waals surface area (Å²) in [5.41, 5.74) is 3.47. The van der Waals surface area contributed by atoms with E-state index in [1.54, 1.807) is 34.2 Å². The van der Waals surface area contributed by atoms with Crippen molar-refractivity contribution < 1.29 is 27.4 Å². The molecule has 0 bridgehead atoms. The van der Waals surface area contributed by atoms with Crippen molar-refractivity contribution in [3.8, 4) is 0 Å². The van der Waals surface area contributed by atoms with Gasteiger partial charge in [0, 0.05) is 71.0 Å². The van der Waals surface area contributed by atoms with Crippen LogP contribution in [0.3, 0.4) is 0 Å². The number of aromatic nitrogens is 4. The molecule has 1 saturated heterocycles. The number of hydrogen-bond acceptors (Lipinski definition) is 6. The van der Waals surface area contributed by atoms with E-state index in [1.807, 2.05) is 22.8 Å². The number of hydrogen-bond donors (Lipinski definition) is 0. The first-order chi connectivity index (χ1) is 22.6. The van der Waals surface area contributed by atoms with Crippen molar-refractivity contribution in [2.75, 3.05) is 36.1 Å². The van der Waals surface area contributed by atoms with Crippen molar-refractivity contribution in [2.45, 2.75) is 83.2 Å². The zero-order valence-corrected chi connectivity index (χ0v) is 30.6. The topological polar surface area (TPSA) is 77.7 Å². The number of carbonyl (C=O) groups is 1. The minimum Gasteiger partial charge on any atom is -0.365 e. The van der Waals surface area contributed by atoms with Crippen LogP contribution in [0.1, 0.15) is 34.1 Å². The fraction of sp³-hybridized carbons (Fsp3) is 0.500. The molecule has 0 spiro atoms. The third-order valence-corrected chi connectivity index (χ3v) is 12.3. The van der Waals surface area contributed by atoms with Gasteiger partial charge in [-0.15, -0.1) is 0 Å². The Morgan fingerprint density at radius 3 is 2.25 bits per heavy atom. The lowest BCUT2D eigenvalue weighted by Crippen LogP contribution is -2.30. The summed E-state index contributed by atoms with van der Waals surface area (Å²) in [7, 11) is -2.50. The van der Waals surface area contributed by atoms with Crippen molar-refractivity contribution in [1.82, 2.24) is 19.3 Å². The van der Waals surface area contributed by atoms with Crippen LogP contribution in [0.25, 0.3) is 11.0 Å². The number of ether oxygens (including phenoxy) is 2. The highest BCUT2D eigenvalue weighted by molar-refractivity contribution is 6.76. The summed E-state index contributed by atoms with van der Waals surface area (Å²) in [4.78, 5) is 21.7. The molecule has 4 aromatic rings. The molecule has 0 radical (unpaired) electrons. The average Bonchev–Trinajstić information content (AvgIpc) is 3.75. The van der Waals surface area contributed by atoms with Gasteiger partial charge in [0.25, 0.3) is 11.8 Å². The van der Waals surface area contributed by atoms with Crippen LogP contribution in [0.15, 0.2) is 48.9 Å². The molecule has 9 nitrogen and oxygen atoms in total. The Kier molecular flexibility index (Phi) is 9.39. The van der Waals surface area contributed by atoms with Crippen LogP contribution < -0.4 is 9.80 Å². The number of carbonyl (C=O) groups excluding carboxylic acids is 1. The standard InChI is InChI=1S/C34H45F3N6O3Si2/c1-47(2,3)15-13-45-22-41-21-38-29-18-25(8-10-30(29)41)43-32(26-9-7-24(17-28(26)35)40-12-11-34(36,37)20-40)27-19-42(39-31(27)33(43)44)23-46-14-16-48(4,5)6/h7-10,17-19,21,32H,11-16,20,22-23H2,1-6H3. The van der Waals surface area contributed by atoms with E-state index in [4.69, 9.17) is 9.47 Å². The van der Waals surface area contributed by atoms with E-state index in [-0.39, 0.29) is 36.9 Å². The molecule has 14 heteroatoms. The molecule has 48 heavy (non-hydrogen) atoms. The predicted molar refractivity (Wildman–Crippen MR) is 187 cm³/mol. The van der Waals surface area contributed by atoms with Gasteiger partial charge < -0.3 is 18.9 Å². The molecule has 2 aromatic heterocycles. The van der Waals surface area contributed by atoms with Gasteiger partial charge in [0.1, 0.15) is 19.3 Å². The lowest BCUT2D eigenvalue weighted by Gasteiger charge is -2.27. The average molecular weight is 699 g/mol. The Hall–Kier alpha value is -3.47. The first-order valence-electron chi connectivity index (χ1n) is 16.5. The maximum Gasteiger partial charge on any atom is 0.280 e. The highest BCUT2D eigenvalue weighted by Gasteiger charge is 2.44. The van der Waals surface area contributed by atoms with Crippen molar-refractivity contribution in [3.63, 3.8) is 0 Å². The van der Waals surface area contributed by atoms with Crippen molar-refractivity contribution in [1.29, 1.82) is 0 Å². The fourth-order valence-electron chi connectivity index (χ4n) is 6.09. The van der Waals surface area contributed by atoms with Gasteiger partial charge in [0.2, 0.25) is 0 Å². The number of rotatable bonds is 13. The summed E-state index contributed by atoms with van der Waals surface area (Å²) in [6, 6.07) is 11.3. The second-order valence-electron chi connectivity index (χ2n) is 15.4. The van der Waals surface area contributed by atoms with Crippen LogP contribution >= 0.6 is 0 Å². The van der Waals surface area contributed by atoms with Crippen LogP contribution in [0.4, 0.5) is 24.5 Å². The second-order valence-corrected chi connectivity index (χ2v) is 26.6. The van der Waals surface area contributed by atoms with Gasteiger partial charge in [-0.1, -0.05) is 45.3 Å². The van der Waals surface area contributed by atoms with E-state index in [0.29, 0.717) is 42.4 Å². The van der Waals surface area contributed by atoms with Gasteiger partial charge in [0.05, 0.1) is 29.9 Å². The molecule has 2 aromatic carbocycles. The van der Waals surface area contributed by atoms with Crippen LogP contribution in [-0.2, 0) is 22.9 Å². The number of alkyl halides is 2. The number of nitrogens with zero attached hydrogens (tertiary/aromatic N) is 6. The van der Waals surface area contributed by atoms with Gasteiger partial charge in [0.15, 0.2) is 5.69 Å². The molecule has 2 aliphatic rings. The Morgan fingerprint density at radius 1 is 0.917 bits per heavy atom. The normalized spacial score (nSPS) is 18.0. The van der Waals surface area contributed by atoms with Crippen molar-refractivity contribution in [3.05, 3.63) is 71.6 Å². The molecule has 0 aliphatic carbocycles. The first kappa shape index (κ1) is 34.4. The maximum absolute atomic E-state index is 16.1. The maximum atomic E-state index is 16.1. The van der Waals surface area contributed by atoms with Gasteiger partial charge in [-0.25, -0.2) is 22.8 Å². The lowest BCUT2D eigenvalue weighted by atomic mass is 9.99. The van der Waals surface area contributed by atoms with E-state index in [0.717, 1.165) is 17.6 Å². The number of imidazole rings is 1. The van der Waals surface area contributed by atoms with E-state index in [2.05, 4.69) is 49.4 Å². The molecular weight excluding hydrogens is 654 g/mol. The number of amides is 1. The van der Waals surface area contributed by atoms with E-state index < -0.39 is 40.5 Å². The summed E-state index contributed by atoms with van der Waals surface area (Å²) in [6.07, 6.45) is 3.19. The van der Waals surface area contributed by atoms with Gasteiger partial charge >= 0.3 is 0 Å². The lowest BCUT2D eigenvalue weighted by molar-refractivity contribution is 0.0257. The van der Waals surface area contributed by atoms with Crippen LogP contribution in [0.2, 0.25) is 51.4 Å². The largest absolute Gasteiger partial charge is 0.365 e. The zero-order chi connectivity index (χ0) is 34.4. The molecule has 1 amide bonds. The Balaban J connectivity index is 1.30. The SMILES string of the molecule is C[Si](C)(C)CCOCn1cc2c(n1)C(=O)N(c1ccc3c(c1)ncn3COCC[Si](C)(C)C)C2c1ccc(N2CCC(F)(F)C2)cc1F. The predicted octanol–water partition coefficient (Wildman–Crippen LogP) is 7.59. The number of benzene rings is 2. The Morgan fingerprint density at radius 2 is 1.60 bits per heavy atom. The van der Waals surface area contributed by atoms with Crippen molar-refractivity contribution >= 4 is 44.5 Å². The van der Waals surface area contributed by atoms with Gasteiger partial charge in [-0.3, -0.25) is 9.69 Å². The molecule has 0 saturated carbocycles. The van der Waals surface area contributed by atoms with Gasteiger partial charge in [-0.2, -0.15) is 5.10 Å². The first-order valence-corrected chi connectivity index (χ1v) is 23.9. The molecule has 1 atom stereocenters. The molecule has 2 aliphatic heterocycles. The number of anilines is 2. The van der Waals surface area contributed by atoms with Crippen LogP contribution in [0.5, 0.6) is 0 Å². The summed E-state index contributed by atoms with van der Waals surface area (Å²) in [5.74, 6) is -3.76. The minimum atomic E-state index is -2.81. The molecule has 6 rings (SSSR count). The van der Waals surface area contributed by atoms with Crippen LogP contribution in [-0.4, -0.2) is 73.6 Å². The second kappa shape index (κ2) is 13.1. The minimum absolute atomic E-state index is 0.143. The Labute approximate surface area is 281 Å². The molecule has 4 heterocycles. The molecule has 1 unspecified atom stereocenters. The zero-order valence-electron chi connectivity index (χ0n) is 28.6. The smallest absolute Gasteiger partial charge is 0.280 e. The monoisotopic (exact) mass is 698 g/mol. The summed E-state index contributed by atoms with van der Waals surface area (Å²) >= 11 is 0. The van der Waals surface area contributed by atoms with Crippen LogP contribution in [0, 0.1) is 5.82 Å². The van der Waals surface area contributed by atoms with E-state index in [9.17, 15) is 13.6 Å². The molecule has 0 N–H and O–H groups in total. The third-order valence-electron chi connectivity index (χ3n) is 8.91. The quantitative estimate of drug-likeness (QED) is 0.106.